The van der Waals surface area contributed by atoms with Crippen molar-refractivity contribution in [2.75, 3.05) is 13.7 Å². The van der Waals surface area contributed by atoms with Crippen LogP contribution in [0, 0.1) is 0 Å². The number of ether oxygens (including phenoxy) is 2. The minimum absolute atomic E-state index is 0.356. The zero-order chi connectivity index (χ0) is 13.4. The Bertz CT molecular complexity index is 688. The fourth-order valence-corrected chi connectivity index (χ4v) is 2.44. The average Bonchev–Trinajstić information content (AvgIpc) is 2.71. The number of rotatable bonds is 3. The van der Waals surface area contributed by atoms with E-state index in [-0.39, 0.29) is 0 Å². The molecular weight excluding hydrogens is 244 g/mol. The molecule has 0 aliphatic carbocycles. The molecule has 0 radical (unpaired) electrons. The van der Waals surface area contributed by atoms with Crippen molar-refractivity contribution in [3.8, 4) is 0 Å². The Morgan fingerprint density at radius 3 is 2.58 bits per heavy atom. The van der Waals surface area contributed by atoms with Gasteiger partial charge in [-0.15, -0.1) is 0 Å². The zero-order valence-electron chi connectivity index (χ0n) is 10.4. The maximum absolute atomic E-state index is 11.7. The molecule has 2 aromatic rings. The third-order valence-electron chi connectivity index (χ3n) is 3.32. The molecule has 0 unspecified atom stereocenters. The highest BCUT2D eigenvalue weighted by Crippen LogP contribution is 2.31. The van der Waals surface area contributed by atoms with Crippen LogP contribution >= 0.6 is 0 Å². The molecule has 0 N–H and O–H groups in total. The Morgan fingerprint density at radius 1 is 1.11 bits per heavy atom. The summed E-state index contributed by atoms with van der Waals surface area (Å²) in [5.74, 6) is -1.13. The minimum Gasteiger partial charge on any atom is -0.386 e. The van der Waals surface area contributed by atoms with E-state index in [2.05, 4.69) is 0 Å². The molecule has 3 rings (SSSR count). The first-order valence-corrected chi connectivity index (χ1v) is 6.02. The van der Waals surface area contributed by atoms with Crippen molar-refractivity contribution < 1.29 is 19.1 Å². The summed E-state index contributed by atoms with van der Waals surface area (Å²) in [7, 11) is 1.63. The fraction of sp³-hybridized carbons (Fsp3) is 0.200. The van der Waals surface area contributed by atoms with E-state index in [0.717, 1.165) is 16.3 Å². The van der Waals surface area contributed by atoms with Gasteiger partial charge in [-0.1, -0.05) is 24.3 Å². The summed E-state index contributed by atoms with van der Waals surface area (Å²) in [5, 5.41) is 1.73. The van der Waals surface area contributed by atoms with E-state index in [1.165, 1.54) is 0 Å². The van der Waals surface area contributed by atoms with Crippen molar-refractivity contribution in [2.24, 2.45) is 0 Å². The van der Waals surface area contributed by atoms with Crippen LogP contribution in [0.3, 0.4) is 0 Å². The normalized spacial score (nSPS) is 13.7. The van der Waals surface area contributed by atoms with Crippen LogP contribution < -0.4 is 0 Å². The number of benzene rings is 2. The number of hydrogen-bond acceptors (Lipinski definition) is 4. The fourth-order valence-electron chi connectivity index (χ4n) is 2.44. The number of hydrogen-bond donors (Lipinski definition) is 0. The van der Waals surface area contributed by atoms with Crippen LogP contribution in [-0.2, 0) is 15.9 Å². The van der Waals surface area contributed by atoms with E-state index in [1.54, 1.807) is 13.2 Å². The summed E-state index contributed by atoms with van der Waals surface area (Å²) in [6.45, 7) is 0.561. The Labute approximate surface area is 109 Å². The Kier molecular flexibility index (Phi) is 2.80. The van der Waals surface area contributed by atoms with E-state index < -0.39 is 11.9 Å². The highest BCUT2D eigenvalue weighted by Gasteiger charge is 2.32. The molecule has 0 amide bonds. The Hall–Kier alpha value is -2.20. The molecule has 1 heterocycles. The molecule has 4 nitrogen and oxygen atoms in total. The van der Waals surface area contributed by atoms with Crippen molar-refractivity contribution in [3.05, 3.63) is 47.0 Å². The van der Waals surface area contributed by atoms with E-state index in [1.807, 2.05) is 24.3 Å². The summed E-state index contributed by atoms with van der Waals surface area (Å²) >= 11 is 0. The van der Waals surface area contributed by atoms with Crippen molar-refractivity contribution in [1.82, 2.24) is 0 Å². The predicted octanol–water partition coefficient (Wildman–Crippen LogP) is 2.34. The second-order valence-electron chi connectivity index (χ2n) is 4.42. The van der Waals surface area contributed by atoms with Crippen LogP contribution in [0.1, 0.15) is 26.3 Å². The number of cyclic esters (lactones) is 2. The molecule has 0 saturated heterocycles. The van der Waals surface area contributed by atoms with E-state index in [9.17, 15) is 9.59 Å². The monoisotopic (exact) mass is 256 g/mol. The summed E-state index contributed by atoms with van der Waals surface area (Å²) in [6.07, 6.45) is 0.686. The largest absolute Gasteiger partial charge is 0.386 e. The topological polar surface area (TPSA) is 52.6 Å². The molecule has 0 saturated carbocycles. The van der Waals surface area contributed by atoms with Gasteiger partial charge in [0, 0.05) is 7.11 Å². The number of esters is 2. The summed E-state index contributed by atoms with van der Waals surface area (Å²) in [5.41, 5.74) is 1.72. The molecule has 0 spiro atoms. The number of fused-ring (bicyclic) bond motifs is 3. The SMILES string of the molecule is COCCc1cc2c(c3ccccc13)C(=O)OC2=O. The molecule has 0 aromatic heterocycles. The van der Waals surface area contributed by atoms with Crippen molar-refractivity contribution >= 4 is 22.7 Å². The second-order valence-corrected chi connectivity index (χ2v) is 4.42. The molecule has 0 bridgehead atoms. The van der Waals surface area contributed by atoms with Gasteiger partial charge in [-0.3, -0.25) is 0 Å². The molecule has 96 valence electrons. The van der Waals surface area contributed by atoms with Gasteiger partial charge >= 0.3 is 11.9 Å². The van der Waals surface area contributed by atoms with Gasteiger partial charge < -0.3 is 9.47 Å². The molecule has 4 heteroatoms. The number of carbonyl (C=O) groups is 2. The molecule has 0 atom stereocenters. The van der Waals surface area contributed by atoms with Crippen molar-refractivity contribution in [3.63, 3.8) is 0 Å². The highest BCUT2D eigenvalue weighted by atomic mass is 16.6. The molecular formula is C15H12O4. The minimum atomic E-state index is -0.565. The van der Waals surface area contributed by atoms with Crippen LogP contribution in [0.15, 0.2) is 30.3 Å². The van der Waals surface area contributed by atoms with Crippen LogP contribution in [-0.4, -0.2) is 25.7 Å². The van der Waals surface area contributed by atoms with Crippen LogP contribution in [0.25, 0.3) is 10.8 Å². The summed E-state index contributed by atoms with van der Waals surface area (Å²) in [6, 6.07) is 9.27. The first-order valence-electron chi connectivity index (χ1n) is 6.02. The van der Waals surface area contributed by atoms with Gasteiger partial charge in [-0.2, -0.15) is 0 Å². The van der Waals surface area contributed by atoms with Gasteiger partial charge in [-0.25, -0.2) is 9.59 Å². The van der Waals surface area contributed by atoms with Crippen LogP contribution in [0.4, 0.5) is 0 Å². The second kappa shape index (κ2) is 4.48. The lowest BCUT2D eigenvalue weighted by Crippen LogP contribution is -2.00. The van der Waals surface area contributed by atoms with Gasteiger partial charge in [-0.05, 0) is 28.8 Å². The van der Waals surface area contributed by atoms with Crippen molar-refractivity contribution in [1.29, 1.82) is 0 Å². The maximum Gasteiger partial charge on any atom is 0.347 e. The molecule has 1 aliphatic rings. The number of methoxy groups -OCH3 is 1. The maximum atomic E-state index is 11.7. The summed E-state index contributed by atoms with van der Waals surface area (Å²) in [4.78, 5) is 23.4. The summed E-state index contributed by atoms with van der Waals surface area (Å²) < 4.78 is 9.77. The van der Waals surface area contributed by atoms with Crippen molar-refractivity contribution in [2.45, 2.75) is 6.42 Å². The smallest absolute Gasteiger partial charge is 0.347 e. The zero-order valence-corrected chi connectivity index (χ0v) is 10.4. The standard InChI is InChI=1S/C15H12O4/c1-18-7-6-9-8-12-13(15(17)19-14(12)16)11-5-3-2-4-10(9)11/h2-5,8H,6-7H2,1H3. The van der Waals surface area contributed by atoms with E-state index in [0.29, 0.717) is 24.2 Å². The average molecular weight is 256 g/mol. The Morgan fingerprint density at radius 2 is 1.84 bits per heavy atom. The quantitative estimate of drug-likeness (QED) is 0.624. The third-order valence-corrected chi connectivity index (χ3v) is 3.32. The number of carbonyl (C=O) groups excluding carboxylic acids is 2. The van der Waals surface area contributed by atoms with Gasteiger partial charge in [0.15, 0.2) is 0 Å². The molecule has 0 fully saturated rings. The van der Waals surface area contributed by atoms with Gasteiger partial charge in [0.05, 0.1) is 17.7 Å². The highest BCUT2D eigenvalue weighted by molar-refractivity contribution is 6.21. The van der Waals surface area contributed by atoms with Gasteiger partial charge in [0.2, 0.25) is 0 Å². The van der Waals surface area contributed by atoms with E-state index >= 15 is 0 Å². The molecule has 1 aliphatic heterocycles. The first kappa shape index (κ1) is 11.9. The third kappa shape index (κ3) is 1.81. The Balaban J connectivity index is 2.29. The van der Waals surface area contributed by atoms with Gasteiger partial charge in [0.25, 0.3) is 0 Å². The van der Waals surface area contributed by atoms with E-state index in [4.69, 9.17) is 9.47 Å². The lowest BCUT2D eigenvalue weighted by atomic mass is 9.94. The lowest BCUT2D eigenvalue weighted by Gasteiger charge is -2.08. The molecule has 2 aromatic carbocycles. The predicted molar refractivity (Wildman–Crippen MR) is 69.3 cm³/mol. The van der Waals surface area contributed by atoms with Gasteiger partial charge in [0.1, 0.15) is 0 Å². The first-order chi connectivity index (χ1) is 9.22. The molecule has 19 heavy (non-hydrogen) atoms. The van der Waals surface area contributed by atoms with Crippen LogP contribution in [0.5, 0.6) is 0 Å². The van der Waals surface area contributed by atoms with Crippen LogP contribution in [0.2, 0.25) is 0 Å². The lowest BCUT2D eigenvalue weighted by molar-refractivity contribution is 0.0444.